The van der Waals surface area contributed by atoms with Crippen molar-refractivity contribution >= 4 is 0 Å². The van der Waals surface area contributed by atoms with Crippen LogP contribution in [-0.4, -0.2) is 37.5 Å². The third kappa shape index (κ3) is 4.40. The quantitative estimate of drug-likeness (QED) is 0.701. The maximum atomic E-state index is 9.35. The highest BCUT2D eigenvalue weighted by atomic mass is 16.5. The van der Waals surface area contributed by atoms with E-state index in [0.29, 0.717) is 6.04 Å². The molecule has 1 unspecified atom stereocenters. The van der Waals surface area contributed by atoms with E-state index in [2.05, 4.69) is 12.2 Å². The predicted molar refractivity (Wildman–Crippen MR) is 57.3 cm³/mol. The van der Waals surface area contributed by atoms with Crippen molar-refractivity contribution in [2.24, 2.45) is 5.92 Å². The van der Waals surface area contributed by atoms with Crippen molar-refractivity contribution in [1.29, 1.82) is 0 Å². The molecule has 3 nitrogen and oxygen atoms in total. The van der Waals surface area contributed by atoms with Gasteiger partial charge in [-0.2, -0.15) is 0 Å². The van der Waals surface area contributed by atoms with E-state index >= 15 is 0 Å². The molecule has 0 radical (unpaired) electrons. The lowest BCUT2D eigenvalue weighted by atomic mass is 9.87. The van der Waals surface area contributed by atoms with E-state index in [1.807, 2.05) is 0 Å². The highest BCUT2D eigenvalue weighted by Gasteiger charge is 2.19. The van der Waals surface area contributed by atoms with Crippen LogP contribution >= 0.6 is 0 Å². The topological polar surface area (TPSA) is 41.5 Å². The second-order valence-corrected chi connectivity index (χ2v) is 4.44. The molecule has 1 saturated carbocycles. The Balaban J connectivity index is 2.06. The Labute approximate surface area is 86.8 Å². The van der Waals surface area contributed by atoms with Gasteiger partial charge in [0.1, 0.15) is 0 Å². The van der Waals surface area contributed by atoms with Crippen LogP contribution in [0.25, 0.3) is 0 Å². The van der Waals surface area contributed by atoms with Crippen LogP contribution in [-0.2, 0) is 4.74 Å². The Hall–Kier alpha value is -0.120. The number of hydrogen-bond acceptors (Lipinski definition) is 3. The molecule has 1 fully saturated rings. The molecule has 1 aliphatic rings. The first kappa shape index (κ1) is 12.0. The fourth-order valence-electron chi connectivity index (χ4n) is 2.03. The number of ether oxygens (including phenoxy) is 1. The Morgan fingerprint density at radius 2 is 2.00 bits per heavy atom. The molecular formula is C11H23NO2. The van der Waals surface area contributed by atoms with Gasteiger partial charge in [-0.15, -0.1) is 0 Å². The third-order valence-corrected chi connectivity index (χ3v) is 2.99. The molecule has 3 heteroatoms. The normalized spacial score (nSPS) is 30.2. The third-order valence-electron chi connectivity index (χ3n) is 2.99. The fraction of sp³-hybridized carbons (Fsp3) is 1.00. The summed E-state index contributed by atoms with van der Waals surface area (Å²) in [7, 11) is 1.73. The zero-order chi connectivity index (χ0) is 10.4. The van der Waals surface area contributed by atoms with Gasteiger partial charge in [0.15, 0.2) is 0 Å². The maximum absolute atomic E-state index is 9.35. The van der Waals surface area contributed by atoms with Crippen molar-refractivity contribution < 1.29 is 9.84 Å². The fourth-order valence-corrected chi connectivity index (χ4v) is 2.03. The van der Waals surface area contributed by atoms with Crippen LogP contribution in [0.1, 0.15) is 32.6 Å². The SMILES string of the molecule is COCC(C)NCC1CCC(O)CC1. The monoisotopic (exact) mass is 201 g/mol. The highest BCUT2D eigenvalue weighted by molar-refractivity contribution is 4.74. The standard InChI is InChI=1S/C11H23NO2/c1-9(8-14-2)12-7-10-3-5-11(13)6-4-10/h9-13H,3-8H2,1-2H3. The van der Waals surface area contributed by atoms with Crippen molar-refractivity contribution in [2.45, 2.75) is 44.8 Å². The van der Waals surface area contributed by atoms with Crippen LogP contribution < -0.4 is 5.32 Å². The van der Waals surface area contributed by atoms with E-state index in [1.54, 1.807) is 7.11 Å². The molecule has 84 valence electrons. The van der Waals surface area contributed by atoms with Crippen molar-refractivity contribution in [3.05, 3.63) is 0 Å². The minimum Gasteiger partial charge on any atom is -0.393 e. The van der Waals surface area contributed by atoms with E-state index in [1.165, 1.54) is 0 Å². The van der Waals surface area contributed by atoms with Crippen LogP contribution in [0.2, 0.25) is 0 Å². The van der Waals surface area contributed by atoms with E-state index in [-0.39, 0.29) is 6.10 Å². The molecule has 0 aromatic carbocycles. The van der Waals surface area contributed by atoms with E-state index in [0.717, 1.165) is 44.8 Å². The Bertz CT molecular complexity index is 144. The first-order chi connectivity index (χ1) is 6.72. The summed E-state index contributed by atoms with van der Waals surface area (Å²) in [6, 6.07) is 0.437. The molecule has 0 saturated heterocycles. The summed E-state index contributed by atoms with van der Waals surface area (Å²) in [6.45, 7) is 3.98. The first-order valence-corrected chi connectivity index (χ1v) is 5.62. The number of hydrogen-bond donors (Lipinski definition) is 2. The molecule has 1 atom stereocenters. The number of aliphatic hydroxyl groups is 1. The number of methoxy groups -OCH3 is 1. The highest BCUT2D eigenvalue weighted by Crippen LogP contribution is 2.23. The second-order valence-electron chi connectivity index (χ2n) is 4.44. The summed E-state index contributed by atoms with van der Waals surface area (Å²) in [5.74, 6) is 0.748. The molecule has 0 amide bonds. The van der Waals surface area contributed by atoms with Gasteiger partial charge >= 0.3 is 0 Å². The van der Waals surface area contributed by atoms with E-state index in [4.69, 9.17) is 4.74 Å². The number of rotatable bonds is 5. The van der Waals surface area contributed by atoms with E-state index < -0.39 is 0 Å². The van der Waals surface area contributed by atoms with Crippen molar-refractivity contribution in [1.82, 2.24) is 5.32 Å². The lowest BCUT2D eigenvalue weighted by molar-refractivity contribution is 0.105. The Morgan fingerprint density at radius 1 is 1.36 bits per heavy atom. The number of aliphatic hydroxyl groups excluding tert-OH is 1. The lowest BCUT2D eigenvalue weighted by Gasteiger charge is -2.26. The molecule has 0 aliphatic heterocycles. The molecule has 0 aromatic rings. The van der Waals surface area contributed by atoms with Crippen LogP contribution in [0.4, 0.5) is 0 Å². The Kier molecular flexibility index (Phi) is 5.45. The van der Waals surface area contributed by atoms with Crippen LogP contribution in [0.15, 0.2) is 0 Å². The summed E-state index contributed by atoms with van der Waals surface area (Å²) in [4.78, 5) is 0. The van der Waals surface area contributed by atoms with Crippen molar-refractivity contribution in [3.63, 3.8) is 0 Å². The zero-order valence-electron chi connectivity index (χ0n) is 9.33. The molecular weight excluding hydrogens is 178 g/mol. The van der Waals surface area contributed by atoms with E-state index in [9.17, 15) is 5.11 Å². The van der Waals surface area contributed by atoms with Gasteiger partial charge in [0.05, 0.1) is 12.7 Å². The lowest BCUT2D eigenvalue weighted by Crippen LogP contribution is -2.35. The van der Waals surface area contributed by atoms with Crippen LogP contribution in [0.5, 0.6) is 0 Å². The first-order valence-electron chi connectivity index (χ1n) is 5.62. The summed E-state index contributed by atoms with van der Waals surface area (Å²) in [5.41, 5.74) is 0. The van der Waals surface area contributed by atoms with Crippen LogP contribution in [0, 0.1) is 5.92 Å². The van der Waals surface area contributed by atoms with Gasteiger partial charge in [-0.1, -0.05) is 0 Å². The summed E-state index contributed by atoms with van der Waals surface area (Å²) >= 11 is 0. The van der Waals surface area contributed by atoms with Crippen molar-refractivity contribution in [3.8, 4) is 0 Å². The molecule has 0 spiro atoms. The zero-order valence-corrected chi connectivity index (χ0v) is 9.33. The van der Waals surface area contributed by atoms with Crippen molar-refractivity contribution in [2.75, 3.05) is 20.3 Å². The van der Waals surface area contributed by atoms with Gasteiger partial charge in [-0.05, 0) is 45.1 Å². The molecule has 2 N–H and O–H groups in total. The minimum atomic E-state index is -0.0392. The Morgan fingerprint density at radius 3 is 2.57 bits per heavy atom. The molecule has 14 heavy (non-hydrogen) atoms. The summed E-state index contributed by atoms with van der Waals surface area (Å²) in [5, 5.41) is 12.8. The number of nitrogens with one attached hydrogen (secondary N) is 1. The molecule has 1 rings (SSSR count). The predicted octanol–water partition coefficient (Wildman–Crippen LogP) is 1.16. The molecule has 0 bridgehead atoms. The maximum Gasteiger partial charge on any atom is 0.0613 e. The summed E-state index contributed by atoms with van der Waals surface area (Å²) in [6.07, 6.45) is 4.24. The van der Waals surface area contributed by atoms with Gasteiger partial charge in [0.2, 0.25) is 0 Å². The van der Waals surface area contributed by atoms with Gasteiger partial charge < -0.3 is 15.2 Å². The largest absolute Gasteiger partial charge is 0.393 e. The van der Waals surface area contributed by atoms with Crippen LogP contribution in [0.3, 0.4) is 0 Å². The average molecular weight is 201 g/mol. The van der Waals surface area contributed by atoms with Gasteiger partial charge in [-0.3, -0.25) is 0 Å². The molecule has 0 aromatic heterocycles. The molecule has 1 aliphatic carbocycles. The smallest absolute Gasteiger partial charge is 0.0613 e. The van der Waals surface area contributed by atoms with Gasteiger partial charge in [0.25, 0.3) is 0 Å². The van der Waals surface area contributed by atoms with Gasteiger partial charge in [0, 0.05) is 13.2 Å². The van der Waals surface area contributed by atoms with Gasteiger partial charge in [-0.25, -0.2) is 0 Å². The molecule has 0 heterocycles. The summed E-state index contributed by atoms with van der Waals surface area (Å²) < 4.78 is 5.06. The second kappa shape index (κ2) is 6.38. The minimum absolute atomic E-state index is 0.0392. The average Bonchev–Trinajstić information content (AvgIpc) is 2.17.